The molecule has 7 nitrogen and oxygen atoms in total. The molecule has 27 heavy (non-hydrogen) atoms. The number of piperidine rings is 1. The van der Waals surface area contributed by atoms with Gasteiger partial charge in [0.15, 0.2) is 0 Å². The van der Waals surface area contributed by atoms with Crippen LogP contribution in [-0.2, 0) is 17.1 Å². The van der Waals surface area contributed by atoms with Gasteiger partial charge in [0.05, 0.1) is 17.6 Å². The van der Waals surface area contributed by atoms with Crippen LogP contribution in [0.2, 0.25) is 0 Å². The molecular formula is C18H25N5O2S2. The Hall–Kier alpha value is -1.71. The van der Waals surface area contributed by atoms with Crippen LogP contribution in [0.5, 0.6) is 0 Å². The van der Waals surface area contributed by atoms with E-state index in [1.54, 1.807) is 34.3 Å². The Morgan fingerprint density at radius 2 is 1.93 bits per heavy atom. The first-order valence-corrected chi connectivity index (χ1v) is 11.4. The third-order valence-electron chi connectivity index (χ3n) is 5.70. The standard InChI is InChI=1S/C18H25N5O2S2/c1-11-13(3)26-18-17(20-14(4)23(11)18)15-7-6-8-22(10-15)27(24,25)16-9-19-21(5)12(16)2/h9,15H,6-8,10H2,1-5H3/t15-/m1/s1. The van der Waals surface area contributed by atoms with Crippen molar-refractivity contribution in [2.24, 2.45) is 7.05 Å². The maximum atomic E-state index is 13.2. The molecule has 3 aromatic heterocycles. The SMILES string of the molecule is Cc1sc2c([C@@H]3CCCN(S(=O)(=O)c4cnn(C)c4C)C3)nc(C)n2c1C. The van der Waals surface area contributed by atoms with Gasteiger partial charge in [-0.3, -0.25) is 9.08 Å². The Kier molecular flexibility index (Phi) is 4.44. The lowest BCUT2D eigenvalue weighted by atomic mass is 9.97. The van der Waals surface area contributed by atoms with Crippen molar-refractivity contribution in [3.63, 3.8) is 0 Å². The van der Waals surface area contributed by atoms with E-state index in [2.05, 4.69) is 23.3 Å². The largest absolute Gasteiger partial charge is 0.291 e. The summed E-state index contributed by atoms with van der Waals surface area (Å²) in [5.74, 6) is 1.09. The number of hydrogen-bond donors (Lipinski definition) is 0. The number of imidazole rings is 1. The van der Waals surface area contributed by atoms with Crippen LogP contribution in [0, 0.1) is 27.7 Å². The molecule has 0 bridgehead atoms. The molecule has 0 amide bonds. The fraction of sp³-hybridized carbons (Fsp3) is 0.556. The Morgan fingerprint density at radius 1 is 1.19 bits per heavy atom. The van der Waals surface area contributed by atoms with E-state index in [4.69, 9.17) is 4.98 Å². The predicted molar refractivity (Wildman–Crippen MR) is 106 cm³/mol. The zero-order valence-electron chi connectivity index (χ0n) is 16.4. The molecule has 1 fully saturated rings. The van der Waals surface area contributed by atoms with Gasteiger partial charge in [-0.25, -0.2) is 13.4 Å². The Bertz CT molecular complexity index is 1120. The zero-order chi connectivity index (χ0) is 19.5. The number of aryl methyl sites for hydroxylation is 4. The zero-order valence-corrected chi connectivity index (χ0v) is 18.0. The fourth-order valence-electron chi connectivity index (χ4n) is 3.92. The van der Waals surface area contributed by atoms with Crippen LogP contribution in [0.25, 0.3) is 4.83 Å². The molecule has 0 saturated carbocycles. The van der Waals surface area contributed by atoms with Gasteiger partial charge >= 0.3 is 0 Å². The van der Waals surface area contributed by atoms with Crippen molar-refractivity contribution < 1.29 is 8.42 Å². The van der Waals surface area contributed by atoms with Crippen molar-refractivity contribution in [2.75, 3.05) is 13.1 Å². The highest BCUT2D eigenvalue weighted by atomic mass is 32.2. The van der Waals surface area contributed by atoms with E-state index >= 15 is 0 Å². The van der Waals surface area contributed by atoms with Crippen LogP contribution >= 0.6 is 11.3 Å². The molecular weight excluding hydrogens is 382 g/mol. The molecule has 0 aliphatic carbocycles. The first kappa shape index (κ1) is 18.6. The lowest BCUT2D eigenvalue weighted by Gasteiger charge is -2.31. The van der Waals surface area contributed by atoms with Crippen LogP contribution in [0.4, 0.5) is 0 Å². The molecule has 146 valence electrons. The quantitative estimate of drug-likeness (QED) is 0.669. The van der Waals surface area contributed by atoms with Crippen LogP contribution in [0.15, 0.2) is 11.1 Å². The van der Waals surface area contributed by atoms with E-state index in [9.17, 15) is 8.42 Å². The third-order valence-corrected chi connectivity index (χ3v) is 8.86. The maximum absolute atomic E-state index is 13.2. The molecule has 1 aliphatic heterocycles. The summed E-state index contributed by atoms with van der Waals surface area (Å²) in [5.41, 5.74) is 2.93. The number of aromatic nitrogens is 4. The minimum atomic E-state index is -3.54. The molecule has 0 radical (unpaired) electrons. The molecule has 0 N–H and O–H groups in total. The normalized spacial score (nSPS) is 19.2. The fourth-order valence-corrected chi connectivity index (χ4v) is 6.84. The van der Waals surface area contributed by atoms with Crippen molar-refractivity contribution in [3.05, 3.63) is 34.0 Å². The van der Waals surface area contributed by atoms with Crippen molar-refractivity contribution in [3.8, 4) is 0 Å². The van der Waals surface area contributed by atoms with Crippen molar-refractivity contribution in [1.82, 2.24) is 23.5 Å². The van der Waals surface area contributed by atoms with E-state index in [0.29, 0.717) is 23.7 Å². The van der Waals surface area contributed by atoms with Gasteiger partial charge in [-0.15, -0.1) is 11.3 Å². The van der Waals surface area contributed by atoms with E-state index < -0.39 is 10.0 Å². The van der Waals surface area contributed by atoms with E-state index in [1.165, 1.54) is 16.8 Å². The number of rotatable bonds is 3. The second kappa shape index (κ2) is 6.42. The highest BCUT2D eigenvalue weighted by Gasteiger charge is 2.35. The van der Waals surface area contributed by atoms with Crippen LogP contribution < -0.4 is 0 Å². The third kappa shape index (κ3) is 2.83. The van der Waals surface area contributed by atoms with E-state index in [0.717, 1.165) is 29.2 Å². The molecule has 9 heteroatoms. The molecule has 1 saturated heterocycles. The minimum Gasteiger partial charge on any atom is -0.291 e. The van der Waals surface area contributed by atoms with Gasteiger partial charge in [0.2, 0.25) is 10.0 Å². The number of sulfonamides is 1. The lowest BCUT2D eigenvalue weighted by molar-refractivity contribution is 0.314. The second-order valence-electron chi connectivity index (χ2n) is 7.35. The smallest absolute Gasteiger partial charge is 0.246 e. The van der Waals surface area contributed by atoms with Gasteiger partial charge in [-0.1, -0.05) is 0 Å². The maximum Gasteiger partial charge on any atom is 0.246 e. The van der Waals surface area contributed by atoms with Gasteiger partial charge in [-0.2, -0.15) is 9.40 Å². The van der Waals surface area contributed by atoms with Crippen molar-refractivity contribution in [1.29, 1.82) is 0 Å². The summed E-state index contributed by atoms with van der Waals surface area (Å²) in [5, 5.41) is 4.11. The summed E-state index contributed by atoms with van der Waals surface area (Å²) in [7, 11) is -1.78. The molecule has 0 unspecified atom stereocenters. The summed E-state index contributed by atoms with van der Waals surface area (Å²) < 4.78 is 31.8. The average Bonchev–Trinajstić information content (AvgIpc) is 3.24. The molecule has 3 aromatic rings. The number of nitrogens with zero attached hydrogens (tertiary/aromatic N) is 5. The first-order valence-electron chi connectivity index (χ1n) is 9.15. The predicted octanol–water partition coefficient (Wildman–Crippen LogP) is 2.93. The lowest BCUT2D eigenvalue weighted by Crippen LogP contribution is -2.39. The summed E-state index contributed by atoms with van der Waals surface area (Å²) in [6, 6.07) is 0. The summed E-state index contributed by atoms with van der Waals surface area (Å²) >= 11 is 1.75. The average molecular weight is 408 g/mol. The van der Waals surface area contributed by atoms with Crippen molar-refractivity contribution >= 4 is 26.2 Å². The number of fused-ring (bicyclic) bond motifs is 1. The molecule has 0 aromatic carbocycles. The highest BCUT2D eigenvalue weighted by molar-refractivity contribution is 7.89. The molecule has 4 rings (SSSR count). The Labute approximate surface area is 163 Å². The summed E-state index contributed by atoms with van der Waals surface area (Å²) in [6.45, 7) is 9.07. The van der Waals surface area contributed by atoms with Gasteiger partial charge in [0.25, 0.3) is 0 Å². The Balaban J connectivity index is 1.70. The molecule has 4 heterocycles. The highest BCUT2D eigenvalue weighted by Crippen LogP contribution is 2.36. The first-order chi connectivity index (χ1) is 12.7. The van der Waals surface area contributed by atoms with Gasteiger partial charge < -0.3 is 0 Å². The van der Waals surface area contributed by atoms with E-state index in [-0.39, 0.29) is 5.92 Å². The van der Waals surface area contributed by atoms with Gasteiger partial charge in [0.1, 0.15) is 15.6 Å². The Morgan fingerprint density at radius 3 is 2.59 bits per heavy atom. The van der Waals surface area contributed by atoms with Crippen LogP contribution in [0.1, 0.15) is 46.5 Å². The van der Waals surface area contributed by atoms with Gasteiger partial charge in [0, 0.05) is 36.6 Å². The summed E-state index contributed by atoms with van der Waals surface area (Å²) in [6.07, 6.45) is 3.25. The van der Waals surface area contributed by atoms with Crippen LogP contribution in [0.3, 0.4) is 0 Å². The van der Waals surface area contributed by atoms with Crippen LogP contribution in [-0.4, -0.2) is 45.0 Å². The number of thiazole rings is 1. The summed E-state index contributed by atoms with van der Waals surface area (Å²) in [4.78, 5) is 7.56. The topological polar surface area (TPSA) is 72.5 Å². The molecule has 1 atom stereocenters. The minimum absolute atomic E-state index is 0.117. The second-order valence-corrected chi connectivity index (χ2v) is 10.5. The van der Waals surface area contributed by atoms with E-state index in [1.807, 2.05) is 6.92 Å². The van der Waals surface area contributed by atoms with Crippen molar-refractivity contribution in [2.45, 2.75) is 51.3 Å². The molecule has 0 spiro atoms. The number of hydrogen-bond acceptors (Lipinski definition) is 5. The van der Waals surface area contributed by atoms with Gasteiger partial charge in [-0.05, 0) is 40.5 Å². The monoisotopic (exact) mass is 407 g/mol. The molecule has 1 aliphatic rings.